The number of hydrogen-bond acceptors (Lipinski definition) is 3. The molecule has 6 fully saturated rings. The van der Waals surface area contributed by atoms with E-state index in [1.807, 2.05) is 0 Å². The average molecular weight is 266 g/mol. The molecule has 0 amide bonds. The number of halogens is 3. The van der Waals surface area contributed by atoms with E-state index in [0.29, 0.717) is 35.5 Å². The van der Waals surface area contributed by atoms with E-state index in [2.05, 4.69) is 4.18 Å². The summed E-state index contributed by atoms with van der Waals surface area (Å²) in [7, 11) is -5.40. The Hall–Kier alpha value is -0.300. The van der Waals surface area contributed by atoms with Crippen molar-refractivity contribution in [2.24, 2.45) is 47.3 Å². The third-order valence-corrected chi connectivity index (χ3v) is 7.21. The van der Waals surface area contributed by atoms with Crippen molar-refractivity contribution in [2.45, 2.75) is 11.6 Å². The Morgan fingerprint density at radius 3 is 1.47 bits per heavy atom. The molecule has 0 spiro atoms. The Bertz CT molecular complexity index is 495. The molecule has 4 unspecified atom stereocenters. The van der Waals surface area contributed by atoms with Crippen LogP contribution in [0.25, 0.3) is 0 Å². The summed E-state index contributed by atoms with van der Waals surface area (Å²) in [5, 5.41) is 0. The largest absolute Gasteiger partial charge is 0.523 e. The minimum absolute atomic E-state index is 0.113. The molecule has 6 aliphatic rings. The summed E-state index contributed by atoms with van der Waals surface area (Å²) in [5.74, 6) is 3.63. The Balaban J connectivity index is 1.46. The van der Waals surface area contributed by atoms with Gasteiger partial charge in [0.2, 0.25) is 0 Å². The van der Waals surface area contributed by atoms with Gasteiger partial charge in [0, 0.05) is 0 Å². The first kappa shape index (κ1) is 9.61. The fourth-order valence-corrected chi connectivity index (χ4v) is 6.67. The molecule has 0 N–H and O–H groups in total. The van der Waals surface area contributed by atoms with E-state index in [9.17, 15) is 21.6 Å². The molecule has 6 aliphatic carbocycles. The highest BCUT2D eigenvalue weighted by Gasteiger charge is 2.94. The van der Waals surface area contributed by atoms with Crippen molar-refractivity contribution in [3.8, 4) is 0 Å². The topological polar surface area (TPSA) is 43.4 Å². The third-order valence-electron chi connectivity index (χ3n) is 6.17. The number of rotatable bonds is 2. The molecular formula is C10H9F3O3S. The van der Waals surface area contributed by atoms with Gasteiger partial charge in [-0.05, 0) is 47.3 Å². The first-order chi connectivity index (χ1) is 7.85. The minimum atomic E-state index is -5.40. The molecule has 6 saturated carbocycles. The second kappa shape index (κ2) is 2.15. The van der Waals surface area contributed by atoms with Crippen molar-refractivity contribution in [1.29, 1.82) is 0 Å². The van der Waals surface area contributed by atoms with Crippen LogP contribution in [-0.4, -0.2) is 20.0 Å². The van der Waals surface area contributed by atoms with Crippen LogP contribution >= 0.6 is 0 Å². The zero-order chi connectivity index (χ0) is 11.9. The van der Waals surface area contributed by atoms with Gasteiger partial charge in [0.15, 0.2) is 0 Å². The van der Waals surface area contributed by atoms with Gasteiger partial charge < -0.3 is 0 Å². The van der Waals surface area contributed by atoms with Gasteiger partial charge in [-0.3, -0.25) is 4.18 Å². The van der Waals surface area contributed by atoms with Crippen LogP contribution in [0, 0.1) is 47.3 Å². The predicted molar refractivity (Wildman–Crippen MR) is 47.8 cm³/mol. The Morgan fingerprint density at radius 1 is 0.765 bits per heavy atom. The van der Waals surface area contributed by atoms with E-state index < -0.39 is 21.7 Å². The highest BCUT2D eigenvalue weighted by atomic mass is 32.2. The van der Waals surface area contributed by atoms with E-state index in [1.165, 1.54) is 0 Å². The average Bonchev–Trinajstić information content (AvgIpc) is 2.43. The summed E-state index contributed by atoms with van der Waals surface area (Å²) in [6.45, 7) is 0. The molecular weight excluding hydrogens is 257 g/mol. The number of hydrogen-bond donors (Lipinski definition) is 0. The molecule has 3 nitrogen and oxygen atoms in total. The van der Waals surface area contributed by atoms with Gasteiger partial charge in [0.1, 0.15) is 0 Å². The summed E-state index contributed by atoms with van der Waals surface area (Å²) in [4.78, 5) is 0. The molecule has 0 aromatic carbocycles. The number of alkyl halides is 3. The van der Waals surface area contributed by atoms with Gasteiger partial charge in [-0.2, -0.15) is 21.6 Å². The Kier molecular flexibility index (Phi) is 1.22. The van der Waals surface area contributed by atoms with Gasteiger partial charge in [0.25, 0.3) is 0 Å². The van der Waals surface area contributed by atoms with Crippen molar-refractivity contribution in [3.05, 3.63) is 0 Å². The molecule has 6 rings (SSSR count). The summed E-state index contributed by atoms with van der Waals surface area (Å²) in [5.41, 5.74) is -5.28. The molecule has 0 heterocycles. The summed E-state index contributed by atoms with van der Waals surface area (Å²) < 4.78 is 63.4. The van der Waals surface area contributed by atoms with E-state index in [4.69, 9.17) is 0 Å². The molecule has 0 aromatic rings. The summed E-state index contributed by atoms with van der Waals surface area (Å²) >= 11 is 0. The quantitative estimate of drug-likeness (QED) is 0.557. The van der Waals surface area contributed by atoms with Crippen LogP contribution in [0.5, 0.6) is 0 Å². The Labute approximate surface area is 95.4 Å². The highest BCUT2D eigenvalue weighted by molar-refractivity contribution is 7.87. The SMILES string of the molecule is O=S(=O)(OC1C2C3C4C1C1C2C3C41)C(F)(F)F. The van der Waals surface area contributed by atoms with Crippen LogP contribution in [-0.2, 0) is 14.3 Å². The normalized spacial score (nSPS) is 64.3. The first-order valence-corrected chi connectivity index (χ1v) is 7.25. The fourth-order valence-electron chi connectivity index (χ4n) is 6.01. The lowest BCUT2D eigenvalue weighted by Crippen LogP contribution is -2.81. The molecule has 4 atom stereocenters. The maximum absolute atomic E-state index is 12.3. The molecule has 2 bridgehead atoms. The second-order valence-corrected chi connectivity index (χ2v) is 7.64. The third kappa shape index (κ3) is 0.683. The highest BCUT2D eigenvalue weighted by Crippen LogP contribution is 2.94. The minimum Gasteiger partial charge on any atom is -0.259 e. The standard InChI is InChI=1S/C10H9F3O3S/c11-10(12,13)17(14,15)16-9-7-3-1-2-5(3)8(9)6(2)4(1)7/h1-9H. The summed E-state index contributed by atoms with van der Waals surface area (Å²) in [6, 6.07) is 0. The molecule has 17 heavy (non-hydrogen) atoms. The van der Waals surface area contributed by atoms with Crippen molar-refractivity contribution in [3.63, 3.8) is 0 Å². The van der Waals surface area contributed by atoms with Crippen molar-refractivity contribution in [1.82, 2.24) is 0 Å². The molecule has 0 aromatic heterocycles. The molecule has 0 aliphatic heterocycles. The van der Waals surface area contributed by atoms with E-state index >= 15 is 0 Å². The van der Waals surface area contributed by atoms with Gasteiger partial charge in [-0.1, -0.05) is 0 Å². The van der Waals surface area contributed by atoms with Gasteiger partial charge in [-0.25, -0.2) is 0 Å². The zero-order valence-corrected chi connectivity index (χ0v) is 9.28. The molecule has 94 valence electrons. The van der Waals surface area contributed by atoms with Crippen LogP contribution in [0.2, 0.25) is 0 Å². The molecule has 0 radical (unpaired) electrons. The van der Waals surface area contributed by atoms with Gasteiger partial charge >= 0.3 is 15.6 Å². The van der Waals surface area contributed by atoms with Crippen LogP contribution in [0.4, 0.5) is 13.2 Å². The zero-order valence-electron chi connectivity index (χ0n) is 8.46. The van der Waals surface area contributed by atoms with Crippen LogP contribution in [0.3, 0.4) is 0 Å². The van der Waals surface area contributed by atoms with Crippen LogP contribution in [0.15, 0.2) is 0 Å². The molecule has 7 heteroatoms. The van der Waals surface area contributed by atoms with Crippen molar-refractivity contribution < 1.29 is 25.8 Å². The van der Waals surface area contributed by atoms with Gasteiger partial charge in [-0.15, -0.1) is 0 Å². The fraction of sp³-hybridized carbons (Fsp3) is 1.00. The maximum atomic E-state index is 12.3. The van der Waals surface area contributed by atoms with E-state index in [1.54, 1.807) is 0 Å². The van der Waals surface area contributed by atoms with E-state index in [-0.39, 0.29) is 11.8 Å². The van der Waals surface area contributed by atoms with Crippen LogP contribution < -0.4 is 0 Å². The maximum Gasteiger partial charge on any atom is 0.523 e. The second-order valence-electron chi connectivity index (χ2n) is 6.08. The predicted octanol–water partition coefficient (Wildman–Crippen LogP) is 1.22. The van der Waals surface area contributed by atoms with Crippen molar-refractivity contribution >= 4 is 10.1 Å². The molecule has 0 saturated heterocycles. The van der Waals surface area contributed by atoms with Crippen molar-refractivity contribution in [2.75, 3.05) is 0 Å². The monoisotopic (exact) mass is 266 g/mol. The van der Waals surface area contributed by atoms with E-state index in [0.717, 1.165) is 0 Å². The smallest absolute Gasteiger partial charge is 0.259 e. The lowest BCUT2D eigenvalue weighted by molar-refractivity contribution is -0.379. The van der Waals surface area contributed by atoms with Gasteiger partial charge in [0.05, 0.1) is 6.10 Å². The first-order valence-electron chi connectivity index (χ1n) is 5.84. The lowest BCUT2D eigenvalue weighted by Gasteiger charge is -2.84. The Morgan fingerprint density at radius 2 is 1.12 bits per heavy atom. The van der Waals surface area contributed by atoms with Crippen LogP contribution in [0.1, 0.15) is 0 Å². The summed E-state index contributed by atoms with van der Waals surface area (Å²) in [6.07, 6.45) is -0.665. The lowest BCUT2D eigenvalue weighted by atomic mass is 9.20.